The van der Waals surface area contributed by atoms with Gasteiger partial charge >= 0.3 is 0 Å². The number of amides is 1. The van der Waals surface area contributed by atoms with Gasteiger partial charge in [-0.1, -0.05) is 26.7 Å². The van der Waals surface area contributed by atoms with Crippen LogP contribution in [0, 0.1) is 0 Å². The molecule has 0 aliphatic rings. The van der Waals surface area contributed by atoms with E-state index in [0.29, 0.717) is 0 Å². The van der Waals surface area contributed by atoms with Gasteiger partial charge in [-0.2, -0.15) is 0 Å². The van der Waals surface area contributed by atoms with Crippen LogP contribution in [-0.4, -0.2) is 35.6 Å². The van der Waals surface area contributed by atoms with Gasteiger partial charge in [0.25, 0.3) is 0 Å². The number of aliphatic hydroxyl groups excluding tert-OH is 1. The van der Waals surface area contributed by atoms with E-state index in [1.165, 1.54) is 0 Å². The zero-order valence-corrected chi connectivity index (χ0v) is 9.46. The Morgan fingerprint density at radius 3 is 2.00 bits per heavy atom. The summed E-state index contributed by atoms with van der Waals surface area (Å²) < 4.78 is 0. The Bertz CT molecular complexity index is 140. The van der Waals surface area contributed by atoms with E-state index < -0.39 is 0 Å². The highest BCUT2D eigenvalue weighted by molar-refractivity contribution is 5.76. The Kier molecular flexibility index (Phi) is 8.64. The summed E-state index contributed by atoms with van der Waals surface area (Å²) in [6.07, 6.45) is 4.60. The van der Waals surface area contributed by atoms with Crippen LogP contribution in [0.3, 0.4) is 0 Å². The van der Waals surface area contributed by atoms with Crippen molar-refractivity contribution in [1.82, 2.24) is 4.90 Å². The molecule has 0 bridgehead atoms. The van der Waals surface area contributed by atoms with Gasteiger partial charge in [0.05, 0.1) is 6.61 Å². The third kappa shape index (κ3) is 5.97. The van der Waals surface area contributed by atoms with Crippen molar-refractivity contribution < 1.29 is 9.90 Å². The molecule has 0 unspecified atom stereocenters. The van der Waals surface area contributed by atoms with Gasteiger partial charge < -0.3 is 10.0 Å². The molecule has 0 saturated heterocycles. The Hall–Kier alpha value is -0.570. The van der Waals surface area contributed by atoms with Gasteiger partial charge in [0, 0.05) is 19.5 Å². The molecule has 0 rings (SSSR count). The second-order valence-electron chi connectivity index (χ2n) is 3.56. The molecule has 1 N–H and O–H groups in total. The van der Waals surface area contributed by atoms with Crippen LogP contribution >= 0.6 is 0 Å². The molecule has 0 spiro atoms. The third-order valence-electron chi connectivity index (χ3n) is 2.24. The van der Waals surface area contributed by atoms with Crippen LogP contribution < -0.4 is 0 Å². The molecule has 0 aliphatic carbocycles. The molecule has 0 saturated carbocycles. The number of rotatable bonds is 8. The zero-order valence-electron chi connectivity index (χ0n) is 9.46. The highest BCUT2D eigenvalue weighted by Gasteiger charge is 2.10. The summed E-state index contributed by atoms with van der Waals surface area (Å²) in [4.78, 5) is 13.4. The summed E-state index contributed by atoms with van der Waals surface area (Å²) in [6, 6.07) is 0. The summed E-state index contributed by atoms with van der Waals surface area (Å²) in [5.41, 5.74) is 0. The molecule has 0 aliphatic heterocycles. The lowest BCUT2D eigenvalue weighted by molar-refractivity contribution is -0.132. The van der Waals surface area contributed by atoms with E-state index in [0.717, 1.165) is 38.8 Å². The molecule has 1 amide bonds. The number of nitrogens with zero attached hydrogens (tertiary/aromatic N) is 1. The number of carbonyl (C=O) groups is 1. The first-order valence-electron chi connectivity index (χ1n) is 5.64. The van der Waals surface area contributed by atoms with Crippen LogP contribution in [0.1, 0.15) is 46.0 Å². The van der Waals surface area contributed by atoms with Crippen molar-refractivity contribution in [3.05, 3.63) is 0 Å². The average Bonchev–Trinajstić information content (AvgIpc) is 2.18. The molecule has 0 aromatic heterocycles. The zero-order chi connectivity index (χ0) is 10.8. The molecular weight excluding hydrogens is 178 g/mol. The fraction of sp³-hybridized carbons (Fsp3) is 0.909. The summed E-state index contributed by atoms with van der Waals surface area (Å²) in [6.45, 7) is 5.89. The first-order chi connectivity index (χ1) is 6.76. The van der Waals surface area contributed by atoms with Crippen molar-refractivity contribution >= 4 is 5.91 Å². The molecule has 0 radical (unpaired) electrons. The van der Waals surface area contributed by atoms with Crippen molar-refractivity contribution in [3.63, 3.8) is 0 Å². The quantitative estimate of drug-likeness (QED) is 0.650. The third-order valence-corrected chi connectivity index (χ3v) is 2.24. The lowest BCUT2D eigenvalue weighted by atomic mass is 10.2. The normalized spacial score (nSPS) is 10.2. The van der Waals surface area contributed by atoms with Crippen LogP contribution in [0.5, 0.6) is 0 Å². The molecule has 0 atom stereocenters. The van der Waals surface area contributed by atoms with Gasteiger partial charge in [0.1, 0.15) is 0 Å². The van der Waals surface area contributed by atoms with E-state index in [1.807, 2.05) is 4.90 Å². The Morgan fingerprint density at radius 1 is 1.14 bits per heavy atom. The van der Waals surface area contributed by atoms with Crippen LogP contribution in [0.4, 0.5) is 0 Å². The number of unbranched alkanes of at least 4 members (excludes halogenated alkanes) is 2. The monoisotopic (exact) mass is 201 g/mol. The van der Waals surface area contributed by atoms with Gasteiger partial charge in [-0.05, 0) is 12.8 Å². The molecular formula is C11H23NO2. The van der Waals surface area contributed by atoms with E-state index in [4.69, 9.17) is 5.11 Å². The summed E-state index contributed by atoms with van der Waals surface area (Å²) in [5, 5.41) is 8.69. The maximum absolute atomic E-state index is 11.5. The van der Waals surface area contributed by atoms with Crippen LogP contribution in [0.15, 0.2) is 0 Å². The predicted molar refractivity (Wildman–Crippen MR) is 58.1 cm³/mol. The minimum atomic E-state index is -0.0341. The number of aliphatic hydroxyl groups is 1. The highest BCUT2D eigenvalue weighted by Crippen LogP contribution is 2.01. The standard InChI is InChI=1S/C11H23NO2/c1-3-5-8-12(9-6-4-2)11(14)7-10-13/h13H,3-10H2,1-2H3. The number of hydrogen-bond donors (Lipinski definition) is 1. The molecule has 14 heavy (non-hydrogen) atoms. The summed E-state index contributed by atoms with van der Waals surface area (Å²) in [7, 11) is 0. The van der Waals surface area contributed by atoms with Crippen molar-refractivity contribution in [1.29, 1.82) is 0 Å². The molecule has 0 aromatic carbocycles. The van der Waals surface area contributed by atoms with Gasteiger partial charge in [-0.15, -0.1) is 0 Å². The van der Waals surface area contributed by atoms with E-state index in [9.17, 15) is 4.79 Å². The first-order valence-corrected chi connectivity index (χ1v) is 5.64. The van der Waals surface area contributed by atoms with Crippen molar-refractivity contribution in [2.24, 2.45) is 0 Å². The maximum Gasteiger partial charge on any atom is 0.224 e. The topological polar surface area (TPSA) is 40.5 Å². The van der Waals surface area contributed by atoms with E-state index in [-0.39, 0.29) is 18.9 Å². The minimum absolute atomic E-state index is 0.0341. The van der Waals surface area contributed by atoms with Crippen molar-refractivity contribution in [2.75, 3.05) is 19.7 Å². The lowest BCUT2D eigenvalue weighted by Crippen LogP contribution is -2.33. The van der Waals surface area contributed by atoms with Crippen LogP contribution in [0.2, 0.25) is 0 Å². The largest absolute Gasteiger partial charge is 0.396 e. The van der Waals surface area contributed by atoms with Crippen LogP contribution in [-0.2, 0) is 4.79 Å². The van der Waals surface area contributed by atoms with Gasteiger partial charge in [0.15, 0.2) is 0 Å². The number of carbonyl (C=O) groups excluding carboxylic acids is 1. The fourth-order valence-corrected chi connectivity index (χ4v) is 1.31. The second-order valence-corrected chi connectivity index (χ2v) is 3.56. The molecule has 3 nitrogen and oxygen atoms in total. The first kappa shape index (κ1) is 13.4. The van der Waals surface area contributed by atoms with Gasteiger partial charge in [-0.25, -0.2) is 0 Å². The smallest absolute Gasteiger partial charge is 0.224 e. The van der Waals surface area contributed by atoms with Crippen LogP contribution in [0.25, 0.3) is 0 Å². The highest BCUT2D eigenvalue weighted by atomic mass is 16.3. The van der Waals surface area contributed by atoms with Gasteiger partial charge in [-0.3, -0.25) is 4.79 Å². The Balaban J connectivity index is 3.88. The second kappa shape index (κ2) is 9.00. The van der Waals surface area contributed by atoms with E-state index in [1.54, 1.807) is 0 Å². The van der Waals surface area contributed by atoms with Crippen molar-refractivity contribution in [2.45, 2.75) is 46.0 Å². The summed E-state index contributed by atoms with van der Waals surface area (Å²) >= 11 is 0. The minimum Gasteiger partial charge on any atom is -0.396 e. The average molecular weight is 201 g/mol. The molecule has 0 aromatic rings. The molecule has 3 heteroatoms. The predicted octanol–water partition coefficient (Wildman–Crippen LogP) is 1.80. The lowest BCUT2D eigenvalue weighted by Gasteiger charge is -2.21. The van der Waals surface area contributed by atoms with E-state index in [2.05, 4.69) is 13.8 Å². The molecule has 84 valence electrons. The molecule has 0 heterocycles. The van der Waals surface area contributed by atoms with E-state index >= 15 is 0 Å². The molecule has 0 fully saturated rings. The summed E-state index contributed by atoms with van der Waals surface area (Å²) in [5.74, 6) is 0.0920. The van der Waals surface area contributed by atoms with Gasteiger partial charge in [0.2, 0.25) is 5.91 Å². The number of hydrogen-bond acceptors (Lipinski definition) is 2. The maximum atomic E-state index is 11.5. The SMILES string of the molecule is CCCCN(CCCC)C(=O)CCO. The van der Waals surface area contributed by atoms with Crippen molar-refractivity contribution in [3.8, 4) is 0 Å². The fourth-order valence-electron chi connectivity index (χ4n) is 1.31. The Labute approximate surface area is 87.1 Å². The Morgan fingerprint density at radius 2 is 1.64 bits per heavy atom.